The fraction of sp³-hybridized carbons (Fsp3) is 0.750. The molecule has 0 aromatic carbocycles. The zero-order valence-corrected chi connectivity index (χ0v) is 24.3. The summed E-state index contributed by atoms with van der Waals surface area (Å²) in [7, 11) is 3.59. The van der Waals surface area contributed by atoms with Crippen molar-refractivity contribution in [2.45, 2.75) is 98.5 Å². The number of aldehydes is 1. The normalized spacial score (nSPS) is 9.38. The lowest BCUT2D eigenvalue weighted by molar-refractivity contribution is -0.108. The number of thiol groups is 1. The van der Waals surface area contributed by atoms with Crippen molar-refractivity contribution in [1.82, 2.24) is 4.98 Å². The number of rotatable bonds is 11. The van der Waals surface area contributed by atoms with E-state index in [1.807, 2.05) is 31.6 Å². The van der Waals surface area contributed by atoms with E-state index in [0.29, 0.717) is 30.2 Å². The second kappa shape index (κ2) is 30.6. The molecule has 192 valence electrons. The van der Waals surface area contributed by atoms with Crippen LogP contribution in [0.4, 0.5) is 0 Å². The summed E-state index contributed by atoms with van der Waals surface area (Å²) >= 11 is 3.53. The molecule has 0 saturated carbocycles. The maximum Gasteiger partial charge on any atom is 0.123 e. The van der Waals surface area contributed by atoms with Crippen LogP contribution in [0.15, 0.2) is 12.1 Å². The molecule has 0 bridgehead atoms. The fourth-order valence-electron chi connectivity index (χ4n) is 1.76. The van der Waals surface area contributed by atoms with Crippen molar-refractivity contribution in [3.8, 4) is 5.75 Å². The number of hydrogen-bond acceptors (Lipinski definition) is 8. The standard InChI is InChI=1S/C10H15NO3.C7H14OS2.C4H10.C2H6.CH4S/c1-2-3-14-10-4-8(6-12)11-9(5-10)7-13;1-7(2,10-9-3)5-4-6-8;1-3-4-2;2*1-2/h4-5,12-13H,2-3,6-7H2,1H3;6H,4-5H2,1-3H3;3-4H2,1-2H3;1-2H3;2H,1H3. The highest BCUT2D eigenvalue weighted by atomic mass is 33.1. The van der Waals surface area contributed by atoms with Gasteiger partial charge in [-0.25, -0.2) is 0 Å². The van der Waals surface area contributed by atoms with E-state index in [1.165, 1.54) is 12.8 Å². The molecule has 0 aliphatic carbocycles. The van der Waals surface area contributed by atoms with E-state index >= 15 is 0 Å². The monoisotopic (exact) mass is 511 g/mol. The van der Waals surface area contributed by atoms with Crippen LogP contribution >= 0.6 is 34.2 Å². The number of hydrogen-bond donors (Lipinski definition) is 3. The average Bonchev–Trinajstić information content (AvgIpc) is 2.84. The third kappa shape index (κ3) is 27.6. The summed E-state index contributed by atoms with van der Waals surface area (Å²) < 4.78 is 5.63. The Kier molecular flexibility index (Phi) is 37.1. The lowest BCUT2D eigenvalue weighted by Gasteiger charge is -2.20. The topological polar surface area (TPSA) is 79.7 Å². The number of carbonyl (C=O) groups excluding carboxylic acids is 1. The van der Waals surface area contributed by atoms with E-state index < -0.39 is 0 Å². The Balaban J connectivity index is -0.000000190. The molecule has 1 aromatic heterocycles. The predicted octanol–water partition coefficient (Wildman–Crippen LogP) is 6.99. The molecule has 8 heteroatoms. The number of unbranched alkanes of at least 4 members (excludes halogenated alkanes) is 1. The van der Waals surface area contributed by atoms with E-state index in [0.717, 1.165) is 19.1 Å². The van der Waals surface area contributed by atoms with Gasteiger partial charge in [0.05, 0.1) is 31.2 Å². The first kappa shape index (κ1) is 38.8. The molecule has 0 unspecified atom stereocenters. The van der Waals surface area contributed by atoms with Crippen LogP contribution in [0.1, 0.15) is 92.0 Å². The van der Waals surface area contributed by atoms with E-state index in [-0.39, 0.29) is 18.0 Å². The summed E-state index contributed by atoms with van der Waals surface area (Å²) in [6, 6.07) is 3.35. The van der Waals surface area contributed by atoms with Crippen LogP contribution in [0.5, 0.6) is 5.75 Å². The maximum absolute atomic E-state index is 10.0. The van der Waals surface area contributed by atoms with E-state index in [9.17, 15) is 4.79 Å². The average molecular weight is 512 g/mol. The molecule has 1 rings (SSSR count). The molecule has 2 N–H and O–H groups in total. The van der Waals surface area contributed by atoms with Crippen LogP contribution in [0.2, 0.25) is 0 Å². The van der Waals surface area contributed by atoms with Gasteiger partial charge in [-0.15, -0.1) is 0 Å². The first-order valence-corrected chi connectivity index (χ1v) is 14.7. The summed E-state index contributed by atoms with van der Waals surface area (Å²) in [5, 5.41) is 17.8. The molecule has 0 amide bonds. The third-order valence-corrected chi connectivity index (χ3v) is 6.05. The largest absolute Gasteiger partial charge is 0.493 e. The van der Waals surface area contributed by atoms with Gasteiger partial charge in [-0.1, -0.05) is 69.0 Å². The highest BCUT2D eigenvalue weighted by Gasteiger charge is 2.16. The first-order valence-electron chi connectivity index (χ1n) is 11.3. The van der Waals surface area contributed by atoms with Gasteiger partial charge in [0.25, 0.3) is 0 Å². The minimum absolute atomic E-state index is 0.143. The zero-order chi connectivity index (χ0) is 25.8. The summed E-state index contributed by atoms with van der Waals surface area (Å²) in [5.41, 5.74) is 1.03. The third-order valence-electron chi connectivity index (χ3n) is 3.37. The van der Waals surface area contributed by atoms with Gasteiger partial charge in [0.1, 0.15) is 12.0 Å². The van der Waals surface area contributed by atoms with E-state index in [1.54, 1.807) is 29.2 Å². The summed E-state index contributed by atoms with van der Waals surface area (Å²) in [4.78, 5) is 14.0. The molecule has 5 nitrogen and oxygen atoms in total. The number of ether oxygens (including phenoxy) is 1. The molecule has 0 fully saturated rings. The van der Waals surface area contributed by atoms with Gasteiger partial charge in [0, 0.05) is 23.3 Å². The summed E-state index contributed by atoms with van der Waals surface area (Å²) in [6.07, 6.45) is 9.96. The Morgan fingerprint density at radius 1 is 1.03 bits per heavy atom. The van der Waals surface area contributed by atoms with Crippen molar-refractivity contribution in [3.63, 3.8) is 0 Å². The molecule has 1 heterocycles. The molecule has 0 radical (unpaired) electrons. The number of pyridine rings is 1. The molecule has 1 aromatic rings. The van der Waals surface area contributed by atoms with Crippen LogP contribution < -0.4 is 4.74 Å². The van der Waals surface area contributed by atoms with Gasteiger partial charge in [0.2, 0.25) is 0 Å². The quantitative estimate of drug-likeness (QED) is 0.168. The molecule has 0 atom stereocenters. The summed E-state index contributed by atoms with van der Waals surface area (Å²) in [6.45, 7) is 15.0. The first-order chi connectivity index (χ1) is 15.3. The maximum atomic E-state index is 10.0. The molecule has 0 saturated heterocycles. The Hall–Kier alpha value is -0.410. The number of nitrogens with zero attached hydrogens (tertiary/aromatic N) is 1. The van der Waals surface area contributed by atoms with Gasteiger partial charge < -0.3 is 19.7 Å². The minimum Gasteiger partial charge on any atom is -0.493 e. The Morgan fingerprint density at radius 2 is 1.50 bits per heavy atom. The van der Waals surface area contributed by atoms with Crippen molar-refractivity contribution in [1.29, 1.82) is 0 Å². The highest BCUT2D eigenvalue weighted by molar-refractivity contribution is 8.76. The number of aromatic nitrogens is 1. The van der Waals surface area contributed by atoms with Gasteiger partial charge in [-0.05, 0) is 39.2 Å². The van der Waals surface area contributed by atoms with E-state index in [4.69, 9.17) is 14.9 Å². The van der Waals surface area contributed by atoms with Crippen LogP contribution in [0.25, 0.3) is 0 Å². The molecule has 32 heavy (non-hydrogen) atoms. The van der Waals surface area contributed by atoms with Crippen molar-refractivity contribution >= 4 is 40.5 Å². The Labute approximate surface area is 211 Å². The van der Waals surface area contributed by atoms with Crippen LogP contribution in [-0.2, 0) is 18.0 Å². The van der Waals surface area contributed by atoms with Crippen LogP contribution in [0, 0.1) is 0 Å². The Bertz CT molecular complexity index is 480. The molecular weight excluding hydrogens is 462 g/mol. The van der Waals surface area contributed by atoms with E-state index in [2.05, 4.69) is 51.6 Å². The molecule has 0 aliphatic rings. The van der Waals surface area contributed by atoms with Crippen LogP contribution in [0.3, 0.4) is 0 Å². The lowest BCUT2D eigenvalue weighted by Crippen LogP contribution is -2.12. The SMILES string of the molecule is CC.CCCC.CCCOc1cc(CO)nc(CO)c1.CS.CSSC(C)(C)CCC=O. The lowest BCUT2D eigenvalue weighted by atomic mass is 10.1. The molecule has 0 spiro atoms. The van der Waals surface area contributed by atoms with Crippen molar-refractivity contribution < 1.29 is 19.7 Å². The minimum atomic E-state index is -0.143. The second-order valence-electron chi connectivity index (χ2n) is 6.67. The molecule has 0 aliphatic heterocycles. The second-order valence-corrected chi connectivity index (χ2v) is 9.77. The number of carbonyl (C=O) groups is 1. The van der Waals surface area contributed by atoms with Crippen LogP contribution in [-0.4, -0.2) is 45.3 Å². The Morgan fingerprint density at radius 3 is 1.81 bits per heavy atom. The highest BCUT2D eigenvalue weighted by Crippen LogP contribution is 2.36. The molecular formula is C24H49NO4S3. The number of aliphatic hydroxyl groups excluding tert-OH is 2. The van der Waals surface area contributed by atoms with Gasteiger partial charge in [-0.3, -0.25) is 4.98 Å². The smallest absolute Gasteiger partial charge is 0.123 e. The van der Waals surface area contributed by atoms with Crippen molar-refractivity contribution in [2.75, 3.05) is 19.1 Å². The predicted molar refractivity (Wildman–Crippen MR) is 149 cm³/mol. The fourth-order valence-corrected chi connectivity index (χ4v) is 4.01. The zero-order valence-electron chi connectivity index (χ0n) is 21.8. The van der Waals surface area contributed by atoms with Crippen molar-refractivity contribution in [3.05, 3.63) is 23.5 Å². The van der Waals surface area contributed by atoms with Gasteiger partial charge >= 0.3 is 0 Å². The summed E-state index contributed by atoms with van der Waals surface area (Å²) in [5.74, 6) is 0.648. The van der Waals surface area contributed by atoms with Gasteiger partial charge in [-0.2, -0.15) is 12.6 Å². The van der Waals surface area contributed by atoms with Crippen molar-refractivity contribution in [2.24, 2.45) is 0 Å². The number of aliphatic hydroxyl groups is 2. The van der Waals surface area contributed by atoms with Gasteiger partial charge in [0.15, 0.2) is 0 Å².